The molecule has 3 rings (SSSR count). The number of carbonyl (C=O) groups excluding carboxylic acids is 3. The maximum atomic E-state index is 13.0. The fourth-order valence-corrected chi connectivity index (χ4v) is 3.55. The molecule has 8 nitrogen and oxygen atoms in total. The minimum atomic E-state index is -0.816. The van der Waals surface area contributed by atoms with Gasteiger partial charge in [-0.3, -0.25) is 25.2 Å². The lowest BCUT2D eigenvalue weighted by molar-refractivity contribution is -0.143. The molecule has 2 N–H and O–H groups in total. The van der Waals surface area contributed by atoms with Crippen LogP contribution in [-0.4, -0.2) is 42.9 Å². The lowest BCUT2D eigenvalue weighted by atomic mass is 10.0. The van der Waals surface area contributed by atoms with E-state index in [0.29, 0.717) is 42.2 Å². The first-order valence-corrected chi connectivity index (χ1v) is 10.3. The number of methoxy groups -OCH3 is 1. The molecular formula is C23H27N3O5. The van der Waals surface area contributed by atoms with Gasteiger partial charge in [-0.1, -0.05) is 30.3 Å². The monoisotopic (exact) mass is 425 g/mol. The second kappa shape index (κ2) is 10.5. The number of hydrogen-bond donors (Lipinski definition) is 2. The molecule has 2 aromatic carbocycles. The van der Waals surface area contributed by atoms with Crippen molar-refractivity contribution in [2.75, 3.05) is 20.3 Å². The van der Waals surface area contributed by atoms with Crippen LogP contribution in [0.25, 0.3) is 0 Å². The average Bonchev–Trinajstić information content (AvgIpc) is 2.80. The number of hydrogen-bond acceptors (Lipinski definition) is 5. The number of rotatable bonds is 7. The third kappa shape index (κ3) is 5.33. The van der Waals surface area contributed by atoms with E-state index in [4.69, 9.17) is 9.47 Å². The summed E-state index contributed by atoms with van der Waals surface area (Å²) in [4.78, 5) is 39.6. The molecule has 1 saturated heterocycles. The first kappa shape index (κ1) is 22.1. The highest BCUT2D eigenvalue weighted by atomic mass is 16.5. The normalized spacial score (nSPS) is 14.5. The van der Waals surface area contributed by atoms with Crippen molar-refractivity contribution in [3.63, 3.8) is 0 Å². The molecule has 8 heteroatoms. The number of ether oxygens (including phenoxy) is 2. The molecule has 1 aliphatic heterocycles. The fourth-order valence-electron chi connectivity index (χ4n) is 3.55. The lowest BCUT2D eigenvalue weighted by Gasteiger charge is -2.34. The summed E-state index contributed by atoms with van der Waals surface area (Å²) in [6.07, 6.45) is 2.06. The SMILES string of the molecule is CCOc1ccc(C(=O)NNC(=O)C(c2ccccc2)N2CCCCC2=O)cc1OC. The molecule has 1 aliphatic rings. The Morgan fingerprint density at radius 3 is 2.52 bits per heavy atom. The van der Waals surface area contributed by atoms with E-state index in [1.54, 1.807) is 29.2 Å². The summed E-state index contributed by atoms with van der Waals surface area (Å²) in [5.74, 6) is -0.114. The van der Waals surface area contributed by atoms with Crippen molar-refractivity contribution < 1.29 is 23.9 Å². The van der Waals surface area contributed by atoms with E-state index in [0.717, 1.165) is 12.8 Å². The third-order valence-electron chi connectivity index (χ3n) is 5.06. The zero-order valence-electron chi connectivity index (χ0n) is 17.7. The maximum absolute atomic E-state index is 13.0. The molecule has 1 unspecified atom stereocenters. The van der Waals surface area contributed by atoms with Crippen LogP contribution in [0.2, 0.25) is 0 Å². The van der Waals surface area contributed by atoms with E-state index < -0.39 is 17.9 Å². The first-order chi connectivity index (χ1) is 15.0. The summed E-state index contributed by atoms with van der Waals surface area (Å²) in [6, 6.07) is 13.0. The molecule has 1 heterocycles. The predicted octanol–water partition coefficient (Wildman–Crippen LogP) is 2.61. The summed E-state index contributed by atoms with van der Waals surface area (Å²) in [7, 11) is 1.49. The molecule has 1 atom stereocenters. The van der Waals surface area contributed by atoms with Crippen LogP contribution >= 0.6 is 0 Å². The topological polar surface area (TPSA) is 97.0 Å². The van der Waals surface area contributed by atoms with E-state index in [1.165, 1.54) is 13.2 Å². The molecule has 0 bridgehead atoms. The van der Waals surface area contributed by atoms with E-state index >= 15 is 0 Å². The molecule has 2 aromatic rings. The Morgan fingerprint density at radius 1 is 1.06 bits per heavy atom. The Morgan fingerprint density at radius 2 is 1.84 bits per heavy atom. The number of carbonyl (C=O) groups is 3. The van der Waals surface area contributed by atoms with Crippen molar-refractivity contribution in [2.45, 2.75) is 32.2 Å². The van der Waals surface area contributed by atoms with Gasteiger partial charge in [0.1, 0.15) is 6.04 Å². The van der Waals surface area contributed by atoms with E-state index in [-0.39, 0.29) is 5.91 Å². The van der Waals surface area contributed by atoms with Gasteiger partial charge in [0.05, 0.1) is 13.7 Å². The molecule has 0 spiro atoms. The number of piperidine rings is 1. The summed E-state index contributed by atoms with van der Waals surface area (Å²) in [6.45, 7) is 2.82. The standard InChI is InChI=1S/C23H27N3O5/c1-3-31-18-13-12-17(15-19(18)30-2)22(28)24-25-23(29)21(16-9-5-4-6-10-16)26-14-8-7-11-20(26)27/h4-6,9-10,12-13,15,21H,3,7-8,11,14H2,1-2H3,(H,24,28)(H,25,29). The Labute approximate surface area is 181 Å². The number of likely N-dealkylation sites (tertiary alicyclic amines) is 1. The van der Waals surface area contributed by atoms with Crippen LogP contribution in [-0.2, 0) is 9.59 Å². The molecule has 3 amide bonds. The molecule has 0 saturated carbocycles. The minimum Gasteiger partial charge on any atom is -0.493 e. The highest BCUT2D eigenvalue weighted by Crippen LogP contribution is 2.28. The Balaban J connectivity index is 1.73. The van der Waals surface area contributed by atoms with Gasteiger partial charge < -0.3 is 14.4 Å². The zero-order chi connectivity index (χ0) is 22.2. The van der Waals surface area contributed by atoms with Crippen molar-refractivity contribution in [3.05, 3.63) is 59.7 Å². The average molecular weight is 425 g/mol. The van der Waals surface area contributed by atoms with E-state index in [1.807, 2.05) is 25.1 Å². The van der Waals surface area contributed by atoms with Gasteiger partial charge in [-0.05, 0) is 43.5 Å². The van der Waals surface area contributed by atoms with Gasteiger partial charge in [-0.25, -0.2) is 0 Å². The quantitative estimate of drug-likeness (QED) is 0.665. The molecule has 164 valence electrons. The number of nitrogens with one attached hydrogen (secondary N) is 2. The zero-order valence-corrected chi connectivity index (χ0v) is 17.7. The Hall–Kier alpha value is -3.55. The summed E-state index contributed by atoms with van der Waals surface area (Å²) in [5, 5.41) is 0. The van der Waals surface area contributed by atoms with E-state index in [9.17, 15) is 14.4 Å². The maximum Gasteiger partial charge on any atom is 0.269 e. The van der Waals surface area contributed by atoms with Gasteiger partial charge >= 0.3 is 0 Å². The van der Waals surface area contributed by atoms with Crippen LogP contribution in [0.4, 0.5) is 0 Å². The van der Waals surface area contributed by atoms with Crippen molar-refractivity contribution in [2.24, 2.45) is 0 Å². The van der Waals surface area contributed by atoms with Gasteiger partial charge in [0.15, 0.2) is 11.5 Å². The first-order valence-electron chi connectivity index (χ1n) is 10.3. The minimum absolute atomic E-state index is 0.0715. The number of nitrogens with zero attached hydrogens (tertiary/aromatic N) is 1. The van der Waals surface area contributed by atoms with Gasteiger partial charge in [-0.2, -0.15) is 0 Å². The van der Waals surface area contributed by atoms with Crippen molar-refractivity contribution >= 4 is 17.7 Å². The summed E-state index contributed by atoms with van der Waals surface area (Å²) < 4.78 is 10.7. The van der Waals surface area contributed by atoms with Gasteiger partial charge in [0.25, 0.3) is 11.8 Å². The molecule has 0 aromatic heterocycles. The smallest absolute Gasteiger partial charge is 0.269 e. The molecule has 1 fully saturated rings. The van der Waals surface area contributed by atoms with Crippen molar-refractivity contribution in [1.29, 1.82) is 0 Å². The van der Waals surface area contributed by atoms with Gasteiger partial charge in [-0.15, -0.1) is 0 Å². The fraction of sp³-hybridized carbons (Fsp3) is 0.348. The molecule has 0 aliphatic carbocycles. The number of amides is 3. The predicted molar refractivity (Wildman–Crippen MR) is 115 cm³/mol. The largest absolute Gasteiger partial charge is 0.493 e. The third-order valence-corrected chi connectivity index (χ3v) is 5.06. The highest BCUT2D eigenvalue weighted by Gasteiger charge is 2.32. The van der Waals surface area contributed by atoms with Crippen LogP contribution in [0.5, 0.6) is 11.5 Å². The van der Waals surface area contributed by atoms with Gasteiger partial charge in [0, 0.05) is 18.5 Å². The number of hydrazine groups is 1. The molecule has 0 radical (unpaired) electrons. The van der Waals surface area contributed by atoms with Crippen molar-refractivity contribution in [1.82, 2.24) is 15.8 Å². The van der Waals surface area contributed by atoms with Crippen LogP contribution in [0, 0.1) is 0 Å². The van der Waals surface area contributed by atoms with Crippen LogP contribution in [0.15, 0.2) is 48.5 Å². The van der Waals surface area contributed by atoms with Crippen LogP contribution in [0.1, 0.15) is 48.1 Å². The Kier molecular flexibility index (Phi) is 7.48. The van der Waals surface area contributed by atoms with E-state index in [2.05, 4.69) is 10.9 Å². The van der Waals surface area contributed by atoms with Crippen LogP contribution < -0.4 is 20.3 Å². The number of benzene rings is 2. The second-order valence-corrected chi connectivity index (χ2v) is 7.10. The lowest BCUT2D eigenvalue weighted by Crippen LogP contribution is -2.50. The second-order valence-electron chi connectivity index (χ2n) is 7.10. The summed E-state index contributed by atoms with van der Waals surface area (Å²) >= 11 is 0. The highest BCUT2D eigenvalue weighted by molar-refractivity contribution is 5.97. The van der Waals surface area contributed by atoms with Gasteiger partial charge in [0.2, 0.25) is 5.91 Å². The van der Waals surface area contributed by atoms with Crippen LogP contribution in [0.3, 0.4) is 0 Å². The molecule has 31 heavy (non-hydrogen) atoms. The summed E-state index contributed by atoms with van der Waals surface area (Å²) in [5.41, 5.74) is 5.89. The Bertz CT molecular complexity index is 932. The molecular weight excluding hydrogens is 398 g/mol. The van der Waals surface area contributed by atoms with Crippen molar-refractivity contribution in [3.8, 4) is 11.5 Å².